The molecule has 6 aromatic carbocycles. The minimum absolute atomic E-state index is 0.521. The molecule has 0 saturated carbocycles. The first-order valence-electron chi connectivity index (χ1n) is 16.6. The number of hydrogen-bond donors (Lipinski definition) is 0. The standard InChI is InChI=1S/C45H28N4/c1-2-12-29(13-3-1)42-47-43(30-24-26-46-27-25-30)49-44(48-42)31-22-23-41-37(28-31)33-15-5-4-14-32(33)34-16-6-9-19-38(34)45(41)39-20-10-7-17-35(39)36-18-8-11-21-40(36)45/h1-28H. The highest BCUT2D eigenvalue weighted by atomic mass is 15.0. The fourth-order valence-electron chi connectivity index (χ4n) is 8.04. The van der Waals surface area contributed by atoms with Crippen LogP contribution in [0.1, 0.15) is 22.3 Å². The van der Waals surface area contributed by atoms with Crippen molar-refractivity contribution in [1.82, 2.24) is 19.9 Å². The first-order valence-corrected chi connectivity index (χ1v) is 16.6. The summed E-state index contributed by atoms with van der Waals surface area (Å²) in [6, 6.07) is 56.4. The molecule has 2 aromatic heterocycles. The van der Waals surface area contributed by atoms with E-state index in [4.69, 9.17) is 15.0 Å². The summed E-state index contributed by atoms with van der Waals surface area (Å²) in [7, 11) is 0. The van der Waals surface area contributed by atoms with Crippen LogP contribution < -0.4 is 0 Å². The highest BCUT2D eigenvalue weighted by molar-refractivity contribution is 5.97. The van der Waals surface area contributed by atoms with E-state index in [2.05, 4.69) is 120 Å². The predicted octanol–water partition coefficient (Wildman–Crippen LogP) is 10.3. The summed E-state index contributed by atoms with van der Waals surface area (Å²) in [5, 5.41) is 0. The molecule has 0 bridgehead atoms. The van der Waals surface area contributed by atoms with Gasteiger partial charge in [-0.3, -0.25) is 4.98 Å². The van der Waals surface area contributed by atoms with E-state index in [1.54, 1.807) is 12.4 Å². The van der Waals surface area contributed by atoms with E-state index in [1.165, 1.54) is 55.6 Å². The van der Waals surface area contributed by atoms with Crippen LogP contribution in [0, 0.1) is 0 Å². The minimum atomic E-state index is -0.521. The van der Waals surface area contributed by atoms with Crippen LogP contribution in [0.3, 0.4) is 0 Å². The van der Waals surface area contributed by atoms with Crippen molar-refractivity contribution in [2.24, 2.45) is 0 Å². The normalized spacial score (nSPS) is 13.1. The predicted molar refractivity (Wildman–Crippen MR) is 196 cm³/mol. The van der Waals surface area contributed by atoms with Gasteiger partial charge in [0.15, 0.2) is 17.5 Å². The van der Waals surface area contributed by atoms with Crippen LogP contribution in [0.15, 0.2) is 170 Å². The van der Waals surface area contributed by atoms with Crippen LogP contribution in [0.4, 0.5) is 0 Å². The summed E-state index contributed by atoms with van der Waals surface area (Å²) in [6.45, 7) is 0. The summed E-state index contributed by atoms with van der Waals surface area (Å²) in [5.41, 5.74) is 14.8. The Morgan fingerprint density at radius 2 is 0.714 bits per heavy atom. The molecule has 49 heavy (non-hydrogen) atoms. The maximum absolute atomic E-state index is 5.09. The Hall–Kier alpha value is -6.52. The lowest BCUT2D eigenvalue weighted by Crippen LogP contribution is -2.29. The van der Waals surface area contributed by atoms with Crippen molar-refractivity contribution in [1.29, 1.82) is 0 Å². The van der Waals surface area contributed by atoms with Crippen LogP contribution >= 0.6 is 0 Å². The molecule has 10 rings (SSSR count). The van der Waals surface area contributed by atoms with Gasteiger partial charge in [-0.25, -0.2) is 15.0 Å². The Kier molecular flexibility index (Phi) is 6.06. The minimum Gasteiger partial charge on any atom is -0.265 e. The molecule has 4 nitrogen and oxygen atoms in total. The highest BCUT2D eigenvalue weighted by Gasteiger charge is 2.49. The third-order valence-electron chi connectivity index (χ3n) is 10.1. The van der Waals surface area contributed by atoms with Gasteiger partial charge < -0.3 is 0 Å². The van der Waals surface area contributed by atoms with Crippen LogP contribution in [0.5, 0.6) is 0 Å². The molecule has 0 amide bonds. The molecule has 2 aliphatic carbocycles. The van der Waals surface area contributed by atoms with Gasteiger partial charge in [0.1, 0.15) is 0 Å². The quantitative estimate of drug-likeness (QED) is 0.196. The molecule has 228 valence electrons. The summed E-state index contributed by atoms with van der Waals surface area (Å²) < 4.78 is 0. The van der Waals surface area contributed by atoms with Gasteiger partial charge in [-0.05, 0) is 73.8 Å². The van der Waals surface area contributed by atoms with Gasteiger partial charge in [-0.1, -0.05) is 140 Å². The fourth-order valence-corrected chi connectivity index (χ4v) is 8.04. The number of aromatic nitrogens is 4. The van der Waals surface area contributed by atoms with Gasteiger partial charge in [0, 0.05) is 29.1 Å². The summed E-state index contributed by atoms with van der Waals surface area (Å²) in [4.78, 5) is 19.3. The van der Waals surface area contributed by atoms with E-state index < -0.39 is 5.41 Å². The van der Waals surface area contributed by atoms with E-state index in [0.717, 1.165) is 16.7 Å². The van der Waals surface area contributed by atoms with E-state index in [9.17, 15) is 0 Å². The molecule has 0 saturated heterocycles. The number of hydrogen-bond acceptors (Lipinski definition) is 4. The molecule has 2 aliphatic rings. The van der Waals surface area contributed by atoms with E-state index in [1.807, 2.05) is 42.5 Å². The SMILES string of the molecule is c1ccc(-c2nc(-c3ccncc3)nc(-c3ccc4c(c3)-c3ccccc3-c3ccccc3C43c4ccccc4-c4ccccc43)n2)cc1. The lowest BCUT2D eigenvalue weighted by atomic mass is 9.66. The Morgan fingerprint density at radius 3 is 1.29 bits per heavy atom. The van der Waals surface area contributed by atoms with Gasteiger partial charge in [-0.15, -0.1) is 0 Å². The van der Waals surface area contributed by atoms with Crippen molar-refractivity contribution in [2.75, 3.05) is 0 Å². The number of benzene rings is 6. The van der Waals surface area contributed by atoms with Crippen molar-refractivity contribution < 1.29 is 0 Å². The Bertz CT molecular complexity index is 2450. The lowest BCUT2D eigenvalue weighted by molar-refractivity contribution is 0.775. The Balaban J connectivity index is 1.29. The van der Waals surface area contributed by atoms with E-state index >= 15 is 0 Å². The topological polar surface area (TPSA) is 51.6 Å². The number of pyridine rings is 1. The van der Waals surface area contributed by atoms with Crippen molar-refractivity contribution >= 4 is 0 Å². The monoisotopic (exact) mass is 624 g/mol. The molecular formula is C45H28N4. The molecule has 4 heteroatoms. The second-order valence-corrected chi connectivity index (χ2v) is 12.6. The third kappa shape index (κ3) is 4.04. The van der Waals surface area contributed by atoms with Gasteiger partial charge in [0.25, 0.3) is 0 Å². The van der Waals surface area contributed by atoms with E-state index in [0.29, 0.717) is 17.5 Å². The van der Waals surface area contributed by atoms with Crippen molar-refractivity contribution in [3.63, 3.8) is 0 Å². The molecule has 0 atom stereocenters. The summed E-state index contributed by atoms with van der Waals surface area (Å²) >= 11 is 0. The van der Waals surface area contributed by atoms with Crippen molar-refractivity contribution in [2.45, 2.75) is 5.41 Å². The molecule has 0 aliphatic heterocycles. The van der Waals surface area contributed by atoms with Gasteiger partial charge in [-0.2, -0.15) is 0 Å². The van der Waals surface area contributed by atoms with Crippen LogP contribution in [-0.4, -0.2) is 19.9 Å². The van der Waals surface area contributed by atoms with Gasteiger partial charge >= 0.3 is 0 Å². The van der Waals surface area contributed by atoms with Crippen LogP contribution in [-0.2, 0) is 5.41 Å². The smallest absolute Gasteiger partial charge is 0.164 e. The maximum Gasteiger partial charge on any atom is 0.164 e. The second-order valence-electron chi connectivity index (χ2n) is 12.6. The zero-order valence-electron chi connectivity index (χ0n) is 26.5. The second kappa shape index (κ2) is 10.8. The number of fused-ring (bicyclic) bond motifs is 12. The van der Waals surface area contributed by atoms with Crippen LogP contribution in [0.2, 0.25) is 0 Å². The van der Waals surface area contributed by atoms with E-state index in [-0.39, 0.29) is 0 Å². The molecule has 2 heterocycles. The van der Waals surface area contributed by atoms with Crippen molar-refractivity contribution in [3.05, 3.63) is 192 Å². The molecule has 0 fully saturated rings. The molecule has 1 spiro atoms. The maximum atomic E-state index is 5.09. The highest BCUT2D eigenvalue weighted by Crippen LogP contribution is 2.61. The molecule has 0 radical (unpaired) electrons. The fraction of sp³-hybridized carbons (Fsp3) is 0.0222. The average Bonchev–Trinajstić information content (AvgIpc) is 3.43. The van der Waals surface area contributed by atoms with Crippen molar-refractivity contribution in [3.8, 4) is 67.5 Å². The molecule has 0 unspecified atom stereocenters. The molecule has 0 N–H and O–H groups in total. The zero-order chi connectivity index (χ0) is 32.4. The Morgan fingerprint density at radius 1 is 0.306 bits per heavy atom. The Labute approximate surface area is 284 Å². The number of nitrogens with zero attached hydrogens (tertiary/aromatic N) is 4. The first-order chi connectivity index (χ1) is 24.3. The average molecular weight is 625 g/mol. The largest absolute Gasteiger partial charge is 0.265 e. The lowest BCUT2D eigenvalue weighted by Gasteiger charge is -2.35. The zero-order valence-corrected chi connectivity index (χ0v) is 26.5. The summed E-state index contributed by atoms with van der Waals surface area (Å²) in [6.07, 6.45) is 3.55. The van der Waals surface area contributed by atoms with Crippen LogP contribution in [0.25, 0.3) is 67.5 Å². The summed E-state index contributed by atoms with van der Waals surface area (Å²) in [5.74, 6) is 1.88. The third-order valence-corrected chi connectivity index (χ3v) is 10.1. The van der Waals surface area contributed by atoms with Gasteiger partial charge in [0.05, 0.1) is 5.41 Å². The molecular weight excluding hydrogens is 597 g/mol. The number of rotatable bonds is 3. The van der Waals surface area contributed by atoms with Gasteiger partial charge in [0.2, 0.25) is 0 Å². The first kappa shape index (κ1) is 27.6. The molecule has 8 aromatic rings.